The fourth-order valence-electron chi connectivity index (χ4n) is 4.83. The smallest absolute Gasteiger partial charge is 0.254 e. The lowest BCUT2D eigenvalue weighted by Crippen LogP contribution is -2.51. The van der Waals surface area contributed by atoms with Gasteiger partial charge in [-0.2, -0.15) is 0 Å². The number of hydrogen-bond acceptors (Lipinski definition) is 4. The van der Waals surface area contributed by atoms with E-state index in [0.29, 0.717) is 41.6 Å². The topological polar surface area (TPSA) is 67.9 Å². The number of fused-ring (bicyclic) bond motifs is 1. The molecule has 7 heteroatoms. The Hall–Kier alpha value is -2.73. The SMILES string of the molecule is O=C(NCC1(c2ccc(Cl)cc2)CCC1)C1CCCN1C(=O)c1ccc2c(c1)OCO2. The van der Waals surface area contributed by atoms with Gasteiger partial charge >= 0.3 is 0 Å². The van der Waals surface area contributed by atoms with Gasteiger partial charge in [0.1, 0.15) is 6.04 Å². The summed E-state index contributed by atoms with van der Waals surface area (Å²) in [5.41, 5.74) is 1.69. The number of carbonyl (C=O) groups is 2. The number of amides is 2. The summed E-state index contributed by atoms with van der Waals surface area (Å²) in [7, 11) is 0. The highest BCUT2D eigenvalue weighted by atomic mass is 35.5. The zero-order valence-corrected chi connectivity index (χ0v) is 18.0. The van der Waals surface area contributed by atoms with Crippen molar-refractivity contribution in [2.75, 3.05) is 19.9 Å². The fourth-order valence-corrected chi connectivity index (χ4v) is 4.95. The van der Waals surface area contributed by atoms with E-state index in [1.54, 1.807) is 23.1 Å². The second kappa shape index (κ2) is 8.08. The predicted octanol–water partition coefficient (Wildman–Crippen LogP) is 3.91. The highest BCUT2D eigenvalue weighted by Gasteiger charge is 2.41. The molecule has 0 spiro atoms. The van der Waals surface area contributed by atoms with Gasteiger partial charge in [0, 0.05) is 29.1 Å². The third-order valence-corrected chi connectivity index (χ3v) is 7.06. The van der Waals surface area contributed by atoms with E-state index in [4.69, 9.17) is 21.1 Å². The summed E-state index contributed by atoms with van der Waals surface area (Å²) in [4.78, 5) is 27.9. The standard InChI is InChI=1S/C24H25ClN2O4/c25-18-7-5-17(6-8-18)24(10-2-11-24)14-26-22(28)19-3-1-12-27(19)23(29)16-4-9-20-21(13-16)31-15-30-20/h4-9,13,19H,1-3,10-12,14-15H2,(H,26,28). The first-order valence-electron chi connectivity index (χ1n) is 10.8. The normalized spacial score (nSPS) is 20.9. The molecule has 2 aromatic carbocycles. The van der Waals surface area contributed by atoms with E-state index < -0.39 is 6.04 Å². The number of likely N-dealkylation sites (tertiary alicyclic amines) is 1. The quantitative estimate of drug-likeness (QED) is 0.765. The molecule has 5 rings (SSSR count). The van der Waals surface area contributed by atoms with Crippen LogP contribution in [0, 0.1) is 0 Å². The number of ether oxygens (including phenoxy) is 2. The van der Waals surface area contributed by atoms with Gasteiger partial charge in [-0.15, -0.1) is 0 Å². The molecule has 0 aromatic heterocycles. The minimum Gasteiger partial charge on any atom is -0.454 e. The number of benzene rings is 2. The summed E-state index contributed by atoms with van der Waals surface area (Å²) in [5.74, 6) is 0.986. The second-order valence-electron chi connectivity index (χ2n) is 8.58. The largest absolute Gasteiger partial charge is 0.454 e. The Balaban J connectivity index is 1.26. The van der Waals surface area contributed by atoms with Gasteiger partial charge in [-0.05, 0) is 61.6 Å². The Labute approximate surface area is 186 Å². The summed E-state index contributed by atoms with van der Waals surface area (Å²) in [6.45, 7) is 1.32. The maximum Gasteiger partial charge on any atom is 0.254 e. The number of rotatable bonds is 5. The van der Waals surface area contributed by atoms with Gasteiger partial charge in [0.2, 0.25) is 12.7 Å². The fraction of sp³-hybridized carbons (Fsp3) is 0.417. The van der Waals surface area contributed by atoms with E-state index >= 15 is 0 Å². The van der Waals surface area contributed by atoms with Crippen molar-refractivity contribution in [2.24, 2.45) is 0 Å². The van der Waals surface area contributed by atoms with Gasteiger partial charge in [0.05, 0.1) is 0 Å². The minimum absolute atomic E-state index is 0.0367. The number of halogens is 1. The van der Waals surface area contributed by atoms with Crippen molar-refractivity contribution in [1.29, 1.82) is 0 Å². The van der Waals surface area contributed by atoms with Crippen molar-refractivity contribution in [2.45, 2.75) is 43.6 Å². The van der Waals surface area contributed by atoms with Crippen molar-refractivity contribution in [3.05, 3.63) is 58.6 Å². The molecule has 1 unspecified atom stereocenters. The molecule has 0 bridgehead atoms. The average molecular weight is 441 g/mol. The van der Waals surface area contributed by atoms with Crippen molar-refractivity contribution >= 4 is 23.4 Å². The molecule has 2 fully saturated rings. The van der Waals surface area contributed by atoms with Crippen LogP contribution >= 0.6 is 11.6 Å². The van der Waals surface area contributed by atoms with Crippen molar-refractivity contribution < 1.29 is 19.1 Å². The van der Waals surface area contributed by atoms with Crippen LogP contribution in [-0.4, -0.2) is 42.6 Å². The molecule has 1 aliphatic carbocycles. The predicted molar refractivity (Wildman–Crippen MR) is 117 cm³/mol. The summed E-state index contributed by atoms with van der Waals surface area (Å²) >= 11 is 6.04. The Kier molecular flexibility index (Phi) is 5.26. The number of carbonyl (C=O) groups excluding carboxylic acids is 2. The molecular weight excluding hydrogens is 416 g/mol. The Morgan fingerprint density at radius 1 is 1.06 bits per heavy atom. The van der Waals surface area contributed by atoms with E-state index in [0.717, 1.165) is 25.7 Å². The summed E-state index contributed by atoms with van der Waals surface area (Å²) in [5, 5.41) is 3.86. The molecule has 2 aliphatic heterocycles. The van der Waals surface area contributed by atoms with E-state index in [2.05, 4.69) is 17.4 Å². The first-order chi connectivity index (χ1) is 15.1. The van der Waals surface area contributed by atoms with Gasteiger partial charge in [-0.25, -0.2) is 0 Å². The number of nitrogens with one attached hydrogen (secondary N) is 1. The second-order valence-corrected chi connectivity index (χ2v) is 9.02. The molecule has 2 aromatic rings. The summed E-state index contributed by atoms with van der Waals surface area (Å²) in [6.07, 6.45) is 4.72. The molecule has 162 valence electrons. The molecule has 1 saturated heterocycles. The zero-order chi connectivity index (χ0) is 21.4. The van der Waals surface area contributed by atoms with Gasteiger partial charge in [-0.3, -0.25) is 9.59 Å². The number of hydrogen-bond donors (Lipinski definition) is 1. The van der Waals surface area contributed by atoms with Crippen LogP contribution in [0.25, 0.3) is 0 Å². The molecule has 1 atom stereocenters. The molecule has 6 nitrogen and oxygen atoms in total. The van der Waals surface area contributed by atoms with Crippen molar-refractivity contribution in [3.8, 4) is 11.5 Å². The maximum atomic E-state index is 13.1. The Morgan fingerprint density at radius 3 is 2.58 bits per heavy atom. The van der Waals surface area contributed by atoms with Crippen LogP contribution in [0.4, 0.5) is 0 Å². The van der Waals surface area contributed by atoms with Gasteiger partial charge < -0.3 is 19.7 Å². The first-order valence-corrected chi connectivity index (χ1v) is 11.2. The van der Waals surface area contributed by atoms with E-state index in [9.17, 15) is 9.59 Å². The summed E-state index contributed by atoms with van der Waals surface area (Å²) < 4.78 is 10.7. The van der Waals surface area contributed by atoms with E-state index in [-0.39, 0.29) is 24.0 Å². The summed E-state index contributed by atoms with van der Waals surface area (Å²) in [6, 6.07) is 12.6. The van der Waals surface area contributed by atoms with Crippen molar-refractivity contribution in [3.63, 3.8) is 0 Å². The first kappa shape index (κ1) is 20.2. The number of nitrogens with zero attached hydrogens (tertiary/aromatic N) is 1. The van der Waals surface area contributed by atoms with Crippen LogP contribution < -0.4 is 14.8 Å². The Bertz CT molecular complexity index is 1000. The molecule has 31 heavy (non-hydrogen) atoms. The molecule has 1 N–H and O–H groups in total. The van der Waals surface area contributed by atoms with Crippen molar-refractivity contribution in [1.82, 2.24) is 10.2 Å². The molecule has 2 heterocycles. The highest BCUT2D eigenvalue weighted by Crippen LogP contribution is 2.43. The van der Waals surface area contributed by atoms with E-state index in [1.165, 1.54) is 5.56 Å². The van der Waals surface area contributed by atoms with E-state index in [1.807, 2.05) is 12.1 Å². The van der Waals surface area contributed by atoms with Crippen LogP contribution in [0.15, 0.2) is 42.5 Å². The third-order valence-electron chi connectivity index (χ3n) is 6.80. The van der Waals surface area contributed by atoms with Gasteiger partial charge in [0.15, 0.2) is 11.5 Å². The van der Waals surface area contributed by atoms with Crippen LogP contribution in [0.3, 0.4) is 0 Å². The molecule has 3 aliphatic rings. The average Bonchev–Trinajstić information content (AvgIpc) is 3.42. The highest BCUT2D eigenvalue weighted by molar-refractivity contribution is 6.30. The van der Waals surface area contributed by atoms with Gasteiger partial charge in [0.25, 0.3) is 5.91 Å². The lowest BCUT2D eigenvalue weighted by Gasteiger charge is -2.43. The lowest BCUT2D eigenvalue weighted by atomic mass is 9.64. The minimum atomic E-state index is -0.444. The monoisotopic (exact) mass is 440 g/mol. The van der Waals surface area contributed by atoms with Crippen LogP contribution in [0.1, 0.15) is 48.0 Å². The third kappa shape index (κ3) is 3.74. The lowest BCUT2D eigenvalue weighted by molar-refractivity contribution is -0.125. The zero-order valence-electron chi connectivity index (χ0n) is 17.2. The van der Waals surface area contributed by atoms with Crippen LogP contribution in [-0.2, 0) is 10.2 Å². The molecule has 2 amide bonds. The maximum absolute atomic E-state index is 13.1. The molecule has 0 radical (unpaired) electrons. The molecule has 1 saturated carbocycles. The molecular formula is C24H25ClN2O4. The van der Waals surface area contributed by atoms with Crippen LogP contribution in [0.5, 0.6) is 11.5 Å². The Morgan fingerprint density at radius 2 is 1.84 bits per heavy atom. The van der Waals surface area contributed by atoms with Crippen LogP contribution in [0.2, 0.25) is 5.02 Å². The van der Waals surface area contributed by atoms with Gasteiger partial charge in [-0.1, -0.05) is 30.2 Å².